The smallest absolute Gasteiger partial charge is 0.141 e. The van der Waals surface area contributed by atoms with Crippen LogP contribution in [0.2, 0.25) is 0 Å². The van der Waals surface area contributed by atoms with Crippen molar-refractivity contribution in [3.63, 3.8) is 0 Å². The molecule has 0 atom stereocenters. The highest BCUT2D eigenvalue weighted by Gasteiger charge is 2.00. The van der Waals surface area contributed by atoms with E-state index in [-0.39, 0.29) is 5.75 Å². The zero-order valence-corrected chi connectivity index (χ0v) is 10.4. The van der Waals surface area contributed by atoms with Gasteiger partial charge in [-0.2, -0.15) is 11.3 Å². The van der Waals surface area contributed by atoms with Gasteiger partial charge in [-0.1, -0.05) is 24.3 Å². The Hall–Kier alpha value is -2.13. The summed E-state index contributed by atoms with van der Waals surface area (Å²) >= 11 is 1.67. The second-order valence-electron chi connectivity index (χ2n) is 3.97. The highest BCUT2D eigenvalue weighted by Crippen LogP contribution is 2.23. The molecule has 1 N–H and O–H groups in total. The van der Waals surface area contributed by atoms with Crippen molar-refractivity contribution < 1.29 is 5.11 Å². The first-order chi connectivity index (χ1) is 8.83. The maximum absolute atomic E-state index is 9.76. The van der Waals surface area contributed by atoms with E-state index in [0.29, 0.717) is 5.52 Å². The van der Waals surface area contributed by atoms with Crippen molar-refractivity contribution in [2.75, 3.05) is 0 Å². The molecule has 18 heavy (non-hydrogen) atoms. The van der Waals surface area contributed by atoms with Crippen LogP contribution in [0.25, 0.3) is 23.1 Å². The molecule has 0 aliphatic carbocycles. The summed E-state index contributed by atoms with van der Waals surface area (Å²) in [5.74, 6) is 0.221. The third kappa shape index (κ3) is 2.13. The van der Waals surface area contributed by atoms with Crippen molar-refractivity contribution in [1.29, 1.82) is 0 Å². The van der Waals surface area contributed by atoms with E-state index in [1.54, 1.807) is 17.4 Å². The Morgan fingerprint density at radius 2 is 2.00 bits per heavy atom. The largest absolute Gasteiger partial charge is 0.506 e. The Bertz CT molecular complexity index is 702. The number of hydrogen-bond donors (Lipinski definition) is 1. The van der Waals surface area contributed by atoms with Crippen LogP contribution in [0, 0.1) is 0 Å². The summed E-state index contributed by atoms with van der Waals surface area (Å²) in [6.45, 7) is 0. The van der Waals surface area contributed by atoms with Gasteiger partial charge in [0.15, 0.2) is 0 Å². The molecule has 2 heterocycles. The van der Waals surface area contributed by atoms with E-state index in [9.17, 15) is 5.11 Å². The number of thiophene rings is 1. The van der Waals surface area contributed by atoms with E-state index in [2.05, 4.69) is 16.4 Å². The first-order valence-electron chi connectivity index (χ1n) is 5.62. The summed E-state index contributed by atoms with van der Waals surface area (Å²) in [6.07, 6.45) is 3.97. The molecule has 0 unspecified atom stereocenters. The van der Waals surface area contributed by atoms with Crippen molar-refractivity contribution in [3.8, 4) is 5.75 Å². The molecule has 0 amide bonds. The van der Waals surface area contributed by atoms with Gasteiger partial charge in [0.05, 0.1) is 5.69 Å². The summed E-state index contributed by atoms with van der Waals surface area (Å²) in [6, 6.07) is 11.4. The van der Waals surface area contributed by atoms with Crippen molar-refractivity contribution in [1.82, 2.24) is 4.98 Å². The summed E-state index contributed by atoms with van der Waals surface area (Å²) in [5.41, 5.74) is 2.65. The number of hydrogen-bond acceptors (Lipinski definition) is 3. The van der Waals surface area contributed by atoms with Crippen molar-refractivity contribution in [2.45, 2.75) is 0 Å². The van der Waals surface area contributed by atoms with E-state index < -0.39 is 0 Å². The van der Waals surface area contributed by atoms with Gasteiger partial charge in [0.2, 0.25) is 0 Å². The fourth-order valence-electron chi connectivity index (χ4n) is 1.79. The van der Waals surface area contributed by atoms with Crippen LogP contribution in [-0.4, -0.2) is 10.1 Å². The van der Waals surface area contributed by atoms with Gasteiger partial charge in [-0.15, -0.1) is 0 Å². The number of benzene rings is 1. The first-order valence-corrected chi connectivity index (χ1v) is 6.56. The average Bonchev–Trinajstić information content (AvgIpc) is 2.90. The Morgan fingerprint density at radius 1 is 1.06 bits per heavy atom. The summed E-state index contributed by atoms with van der Waals surface area (Å²) in [5, 5.41) is 14.8. The van der Waals surface area contributed by atoms with Gasteiger partial charge < -0.3 is 5.11 Å². The second-order valence-corrected chi connectivity index (χ2v) is 4.76. The van der Waals surface area contributed by atoms with Gasteiger partial charge >= 0.3 is 0 Å². The molecule has 3 heteroatoms. The molecule has 1 aromatic carbocycles. The van der Waals surface area contributed by atoms with Crippen molar-refractivity contribution >= 4 is 34.4 Å². The quantitative estimate of drug-likeness (QED) is 0.743. The van der Waals surface area contributed by atoms with Crippen LogP contribution in [-0.2, 0) is 0 Å². The van der Waals surface area contributed by atoms with Gasteiger partial charge in [-0.05, 0) is 40.6 Å². The molecule has 0 radical (unpaired) electrons. The SMILES string of the molecule is Oc1cccc2ccc(C=Cc3ccsc3)nc12. The Balaban J connectivity index is 2.01. The van der Waals surface area contributed by atoms with Crippen LogP contribution in [0.3, 0.4) is 0 Å². The first kappa shape index (κ1) is 11.0. The lowest BCUT2D eigenvalue weighted by Crippen LogP contribution is -1.83. The molecule has 3 aromatic rings. The van der Waals surface area contributed by atoms with E-state index in [1.807, 2.05) is 41.8 Å². The van der Waals surface area contributed by atoms with Crippen LogP contribution < -0.4 is 0 Å². The van der Waals surface area contributed by atoms with Crippen LogP contribution in [0.1, 0.15) is 11.3 Å². The summed E-state index contributed by atoms with van der Waals surface area (Å²) in [4.78, 5) is 4.44. The Kier molecular flexibility index (Phi) is 2.82. The molecule has 2 aromatic heterocycles. The molecule has 3 rings (SSSR count). The lowest BCUT2D eigenvalue weighted by atomic mass is 10.2. The van der Waals surface area contributed by atoms with Gasteiger partial charge in [0, 0.05) is 5.39 Å². The number of aromatic hydroxyl groups is 1. The maximum atomic E-state index is 9.76. The lowest BCUT2D eigenvalue weighted by molar-refractivity contribution is 0.480. The maximum Gasteiger partial charge on any atom is 0.141 e. The minimum atomic E-state index is 0.221. The number of phenolic OH excluding ortho intramolecular Hbond substituents is 1. The van der Waals surface area contributed by atoms with E-state index in [1.165, 1.54) is 5.56 Å². The molecule has 0 bridgehead atoms. The average molecular weight is 253 g/mol. The number of phenols is 1. The van der Waals surface area contributed by atoms with Crippen LogP contribution in [0.15, 0.2) is 47.2 Å². The predicted molar refractivity (Wildman–Crippen MR) is 76.7 cm³/mol. The van der Waals surface area contributed by atoms with Gasteiger partial charge in [0.25, 0.3) is 0 Å². The van der Waals surface area contributed by atoms with Crippen molar-refractivity contribution in [3.05, 3.63) is 58.4 Å². The third-order valence-corrected chi connectivity index (χ3v) is 3.41. The minimum Gasteiger partial charge on any atom is -0.506 e. The molecule has 0 saturated carbocycles. The Morgan fingerprint density at radius 3 is 2.83 bits per heavy atom. The predicted octanol–water partition coefficient (Wildman–Crippen LogP) is 4.17. The highest BCUT2D eigenvalue weighted by atomic mass is 32.1. The van der Waals surface area contributed by atoms with Crippen molar-refractivity contribution in [2.24, 2.45) is 0 Å². The topological polar surface area (TPSA) is 33.1 Å². The van der Waals surface area contributed by atoms with E-state index >= 15 is 0 Å². The molecule has 0 saturated heterocycles. The van der Waals surface area contributed by atoms with Gasteiger partial charge in [-0.3, -0.25) is 0 Å². The number of rotatable bonds is 2. The molecule has 0 fully saturated rings. The summed E-state index contributed by atoms with van der Waals surface area (Å²) in [7, 11) is 0. The summed E-state index contributed by atoms with van der Waals surface area (Å²) < 4.78 is 0. The molecule has 0 spiro atoms. The zero-order valence-electron chi connectivity index (χ0n) is 9.58. The minimum absolute atomic E-state index is 0.221. The van der Waals surface area contributed by atoms with Gasteiger partial charge in [0.1, 0.15) is 11.3 Å². The molecule has 0 aliphatic rings. The fraction of sp³-hybridized carbons (Fsp3) is 0. The van der Waals surface area contributed by atoms with Crippen LogP contribution in [0.5, 0.6) is 5.75 Å². The molecular formula is C15H11NOS. The normalized spacial score (nSPS) is 11.3. The Labute approximate surface area is 109 Å². The number of nitrogens with zero attached hydrogens (tertiary/aromatic N) is 1. The number of pyridine rings is 1. The molecule has 0 aliphatic heterocycles. The number of fused-ring (bicyclic) bond motifs is 1. The second kappa shape index (κ2) is 4.63. The standard InChI is InChI=1S/C15H11NOS/c17-14-3-1-2-12-5-7-13(16-15(12)14)6-4-11-8-9-18-10-11/h1-10,17H. The van der Waals surface area contributed by atoms with E-state index in [0.717, 1.165) is 11.1 Å². The fourth-order valence-corrected chi connectivity index (χ4v) is 2.42. The third-order valence-electron chi connectivity index (χ3n) is 2.71. The van der Waals surface area contributed by atoms with E-state index in [4.69, 9.17) is 0 Å². The van der Waals surface area contributed by atoms with Crippen LogP contribution in [0.4, 0.5) is 0 Å². The molecule has 88 valence electrons. The number of aromatic nitrogens is 1. The van der Waals surface area contributed by atoms with Crippen LogP contribution >= 0.6 is 11.3 Å². The lowest BCUT2D eigenvalue weighted by Gasteiger charge is -2.00. The highest BCUT2D eigenvalue weighted by molar-refractivity contribution is 7.08. The molecule has 2 nitrogen and oxygen atoms in total. The number of para-hydroxylation sites is 1. The molecular weight excluding hydrogens is 242 g/mol. The van der Waals surface area contributed by atoms with Gasteiger partial charge in [-0.25, -0.2) is 4.98 Å². The monoisotopic (exact) mass is 253 g/mol. The zero-order chi connectivity index (χ0) is 12.4.